The number of hydrogen-bond acceptors (Lipinski definition) is 2. The molecule has 4 heteroatoms. The number of aromatic amines is 1. The van der Waals surface area contributed by atoms with Crippen LogP contribution in [0.2, 0.25) is 0 Å². The third kappa shape index (κ3) is 2.72. The summed E-state index contributed by atoms with van der Waals surface area (Å²) >= 11 is 0. The standard InChI is InChI=1S/C12H18N2O2/c1-8(2)9(3)14(4)12(16)10-6-5-7-11(15)13-10/h5-9H,1-4H3,(H,13,15). The van der Waals surface area contributed by atoms with Crippen LogP contribution in [-0.2, 0) is 0 Å². The van der Waals surface area contributed by atoms with Crippen LogP contribution in [0.3, 0.4) is 0 Å². The van der Waals surface area contributed by atoms with Crippen LogP contribution in [0, 0.1) is 5.92 Å². The highest BCUT2D eigenvalue weighted by Gasteiger charge is 2.20. The zero-order valence-electron chi connectivity index (χ0n) is 10.2. The molecule has 1 rings (SSSR count). The summed E-state index contributed by atoms with van der Waals surface area (Å²) in [5.74, 6) is 0.225. The van der Waals surface area contributed by atoms with Crippen LogP contribution >= 0.6 is 0 Å². The molecule has 1 atom stereocenters. The Morgan fingerprint density at radius 1 is 1.31 bits per heavy atom. The summed E-state index contributed by atoms with van der Waals surface area (Å²) in [5.41, 5.74) is 0.0824. The lowest BCUT2D eigenvalue weighted by atomic mass is 10.1. The predicted octanol–water partition coefficient (Wildman–Crippen LogP) is 1.49. The third-order valence-corrected chi connectivity index (χ3v) is 2.89. The highest BCUT2D eigenvalue weighted by Crippen LogP contribution is 2.10. The van der Waals surface area contributed by atoms with E-state index in [2.05, 4.69) is 18.8 Å². The molecular weight excluding hydrogens is 204 g/mol. The minimum Gasteiger partial charge on any atom is -0.337 e. The lowest BCUT2D eigenvalue weighted by Crippen LogP contribution is -2.39. The molecule has 4 nitrogen and oxygen atoms in total. The normalized spacial score (nSPS) is 12.6. The van der Waals surface area contributed by atoms with E-state index in [0.29, 0.717) is 11.6 Å². The van der Waals surface area contributed by atoms with E-state index in [1.807, 2.05) is 6.92 Å². The van der Waals surface area contributed by atoms with Gasteiger partial charge in [-0.3, -0.25) is 9.59 Å². The van der Waals surface area contributed by atoms with Crippen molar-refractivity contribution in [2.24, 2.45) is 5.92 Å². The topological polar surface area (TPSA) is 53.2 Å². The fourth-order valence-electron chi connectivity index (χ4n) is 1.39. The fraction of sp³-hybridized carbons (Fsp3) is 0.500. The lowest BCUT2D eigenvalue weighted by Gasteiger charge is -2.27. The van der Waals surface area contributed by atoms with Crippen molar-refractivity contribution < 1.29 is 4.79 Å². The van der Waals surface area contributed by atoms with E-state index in [0.717, 1.165) is 0 Å². The van der Waals surface area contributed by atoms with E-state index >= 15 is 0 Å². The Morgan fingerprint density at radius 3 is 2.44 bits per heavy atom. The van der Waals surface area contributed by atoms with Gasteiger partial charge in [-0.25, -0.2) is 0 Å². The number of nitrogens with zero attached hydrogens (tertiary/aromatic N) is 1. The molecule has 1 unspecified atom stereocenters. The summed E-state index contributed by atoms with van der Waals surface area (Å²) in [6.07, 6.45) is 0. The summed E-state index contributed by atoms with van der Waals surface area (Å²) in [6, 6.07) is 4.73. The van der Waals surface area contributed by atoms with Gasteiger partial charge in [-0.2, -0.15) is 0 Å². The zero-order chi connectivity index (χ0) is 12.3. The molecule has 0 bridgehead atoms. The maximum Gasteiger partial charge on any atom is 0.270 e. The second kappa shape index (κ2) is 4.96. The molecule has 0 saturated heterocycles. The molecule has 0 radical (unpaired) electrons. The first-order valence-electron chi connectivity index (χ1n) is 5.40. The van der Waals surface area contributed by atoms with Crippen LogP contribution in [0.4, 0.5) is 0 Å². The highest BCUT2D eigenvalue weighted by molar-refractivity contribution is 5.92. The molecular formula is C12H18N2O2. The summed E-state index contributed by atoms with van der Waals surface area (Å²) in [4.78, 5) is 27.3. The van der Waals surface area contributed by atoms with Gasteiger partial charge in [0.1, 0.15) is 5.69 Å². The Hall–Kier alpha value is -1.58. The Kier molecular flexibility index (Phi) is 3.88. The van der Waals surface area contributed by atoms with Crippen molar-refractivity contribution in [2.75, 3.05) is 7.05 Å². The molecule has 0 spiro atoms. The van der Waals surface area contributed by atoms with Gasteiger partial charge in [0, 0.05) is 19.2 Å². The molecule has 1 aromatic heterocycles. The number of carbonyl (C=O) groups excluding carboxylic acids is 1. The van der Waals surface area contributed by atoms with Gasteiger partial charge < -0.3 is 9.88 Å². The highest BCUT2D eigenvalue weighted by atomic mass is 16.2. The number of H-pyrrole nitrogens is 1. The van der Waals surface area contributed by atoms with Gasteiger partial charge >= 0.3 is 0 Å². The number of pyridine rings is 1. The van der Waals surface area contributed by atoms with E-state index in [1.54, 1.807) is 24.1 Å². The molecule has 0 fully saturated rings. The van der Waals surface area contributed by atoms with Crippen LogP contribution in [0.15, 0.2) is 23.0 Å². The molecule has 0 aromatic carbocycles. The van der Waals surface area contributed by atoms with E-state index in [1.165, 1.54) is 6.07 Å². The molecule has 88 valence electrons. The Morgan fingerprint density at radius 2 is 1.94 bits per heavy atom. The second-order valence-electron chi connectivity index (χ2n) is 4.33. The summed E-state index contributed by atoms with van der Waals surface area (Å²) < 4.78 is 0. The Bertz CT molecular complexity index is 423. The maximum atomic E-state index is 12.0. The first-order chi connectivity index (χ1) is 7.43. The smallest absolute Gasteiger partial charge is 0.270 e. The first kappa shape index (κ1) is 12.5. The molecule has 1 amide bonds. The van der Waals surface area contributed by atoms with Gasteiger partial charge in [0.25, 0.3) is 5.91 Å². The van der Waals surface area contributed by atoms with E-state index in [9.17, 15) is 9.59 Å². The van der Waals surface area contributed by atoms with Crippen LogP contribution in [-0.4, -0.2) is 28.9 Å². The number of hydrogen-bond donors (Lipinski definition) is 1. The van der Waals surface area contributed by atoms with Gasteiger partial charge in [-0.1, -0.05) is 19.9 Å². The van der Waals surface area contributed by atoms with Gasteiger partial charge in [-0.05, 0) is 18.9 Å². The molecule has 1 N–H and O–H groups in total. The van der Waals surface area contributed by atoms with E-state index in [4.69, 9.17) is 0 Å². The maximum absolute atomic E-state index is 12.0. The molecule has 0 aliphatic carbocycles. The molecule has 0 aliphatic rings. The number of aromatic nitrogens is 1. The fourth-order valence-corrected chi connectivity index (χ4v) is 1.39. The quantitative estimate of drug-likeness (QED) is 0.842. The molecule has 1 aromatic rings. The van der Waals surface area contributed by atoms with Gasteiger partial charge in [0.2, 0.25) is 5.56 Å². The van der Waals surface area contributed by atoms with Crippen molar-refractivity contribution in [1.29, 1.82) is 0 Å². The van der Waals surface area contributed by atoms with E-state index < -0.39 is 0 Å². The number of carbonyl (C=O) groups is 1. The second-order valence-corrected chi connectivity index (χ2v) is 4.33. The lowest BCUT2D eigenvalue weighted by molar-refractivity contribution is 0.0701. The predicted molar refractivity (Wildman–Crippen MR) is 63.5 cm³/mol. The van der Waals surface area contributed by atoms with Gasteiger partial charge in [0.15, 0.2) is 0 Å². The average molecular weight is 222 g/mol. The van der Waals surface area contributed by atoms with Crippen molar-refractivity contribution in [3.05, 3.63) is 34.2 Å². The molecule has 16 heavy (non-hydrogen) atoms. The third-order valence-electron chi connectivity index (χ3n) is 2.89. The minimum atomic E-state index is -0.253. The summed E-state index contributed by atoms with van der Waals surface area (Å²) in [6.45, 7) is 6.11. The van der Waals surface area contributed by atoms with Crippen molar-refractivity contribution in [1.82, 2.24) is 9.88 Å². The van der Waals surface area contributed by atoms with E-state index in [-0.39, 0.29) is 17.5 Å². The minimum absolute atomic E-state index is 0.135. The average Bonchev–Trinajstić information content (AvgIpc) is 2.26. The molecule has 0 saturated carbocycles. The SMILES string of the molecule is CC(C)C(C)N(C)C(=O)c1cccc(=O)[nH]1. The number of nitrogens with one attached hydrogen (secondary N) is 1. The van der Waals surface area contributed by atoms with Crippen LogP contribution < -0.4 is 5.56 Å². The molecule has 1 heterocycles. The van der Waals surface area contributed by atoms with Crippen molar-refractivity contribution in [3.63, 3.8) is 0 Å². The zero-order valence-corrected chi connectivity index (χ0v) is 10.2. The Balaban J connectivity index is 2.90. The first-order valence-corrected chi connectivity index (χ1v) is 5.40. The van der Waals surface area contributed by atoms with Crippen molar-refractivity contribution in [2.45, 2.75) is 26.8 Å². The largest absolute Gasteiger partial charge is 0.337 e. The number of rotatable bonds is 3. The Labute approximate surface area is 95.3 Å². The summed E-state index contributed by atoms with van der Waals surface area (Å²) in [5, 5.41) is 0. The number of amides is 1. The molecule has 0 aliphatic heterocycles. The van der Waals surface area contributed by atoms with Crippen LogP contribution in [0.5, 0.6) is 0 Å². The van der Waals surface area contributed by atoms with Gasteiger partial charge in [0.05, 0.1) is 0 Å². The van der Waals surface area contributed by atoms with Gasteiger partial charge in [-0.15, -0.1) is 0 Å². The van der Waals surface area contributed by atoms with Crippen molar-refractivity contribution >= 4 is 5.91 Å². The monoisotopic (exact) mass is 222 g/mol. The van der Waals surface area contributed by atoms with Crippen LogP contribution in [0.1, 0.15) is 31.3 Å². The summed E-state index contributed by atoms with van der Waals surface area (Å²) in [7, 11) is 1.75. The van der Waals surface area contributed by atoms with Crippen LogP contribution in [0.25, 0.3) is 0 Å². The van der Waals surface area contributed by atoms with Crippen molar-refractivity contribution in [3.8, 4) is 0 Å².